The minimum absolute atomic E-state index is 0.0293. The summed E-state index contributed by atoms with van der Waals surface area (Å²) in [6.45, 7) is 1.35. The maximum Gasteiger partial charge on any atom is 0.391 e. The molecule has 2 rings (SSSR count). The quantitative estimate of drug-likeness (QED) is 0.472. The lowest BCUT2D eigenvalue weighted by Gasteiger charge is -2.23. The Morgan fingerprint density at radius 3 is 2.37 bits per heavy atom. The second-order valence-corrected chi connectivity index (χ2v) is 5.04. The Hall–Kier alpha value is -1.99. The monoisotopic (exact) mass is 279 g/mol. The van der Waals surface area contributed by atoms with E-state index in [4.69, 9.17) is 0 Å². The number of nitro benzene ring substituents is 1. The van der Waals surface area contributed by atoms with E-state index in [9.17, 15) is 19.7 Å². The van der Waals surface area contributed by atoms with Gasteiger partial charge in [0.25, 0.3) is 5.69 Å². The summed E-state index contributed by atoms with van der Waals surface area (Å²) in [5.74, 6) is -0.292. The first-order chi connectivity index (χ1) is 8.87. The highest BCUT2D eigenvalue weighted by Gasteiger charge is 2.47. The lowest BCUT2D eigenvalue weighted by atomic mass is 10.1. The van der Waals surface area contributed by atoms with Gasteiger partial charge in [0.05, 0.1) is 18.9 Å². The molecule has 1 heterocycles. The molecule has 0 radical (unpaired) electrons. The van der Waals surface area contributed by atoms with Crippen LogP contribution in [0.3, 0.4) is 0 Å². The largest absolute Gasteiger partial charge is 0.391 e. The molecule has 1 atom stereocenters. The Morgan fingerprint density at radius 1 is 1.32 bits per heavy atom. The predicted octanol–water partition coefficient (Wildman–Crippen LogP) is 2.75. The molecule has 1 unspecified atom stereocenters. The van der Waals surface area contributed by atoms with Crippen molar-refractivity contribution in [3.05, 3.63) is 45.4 Å². The summed E-state index contributed by atoms with van der Waals surface area (Å²) >= 11 is 0.963. The first-order valence-electron chi connectivity index (χ1n) is 5.41. The molecule has 0 N–H and O–H groups in total. The van der Waals surface area contributed by atoms with Crippen molar-refractivity contribution >= 4 is 34.3 Å². The predicted molar refractivity (Wildman–Crippen MR) is 70.9 cm³/mol. The second kappa shape index (κ2) is 4.60. The molecule has 1 aromatic rings. The summed E-state index contributed by atoms with van der Waals surface area (Å²) < 4.78 is -0.428. The Balaban J connectivity index is 2.44. The van der Waals surface area contributed by atoms with Gasteiger partial charge < -0.3 is 0 Å². The Labute approximate surface area is 113 Å². The third-order valence-corrected chi connectivity index (χ3v) is 4.03. The maximum absolute atomic E-state index is 11.9. The summed E-state index contributed by atoms with van der Waals surface area (Å²) in [7, 11) is 1.53. The number of thioether (sulfide) groups is 1. The van der Waals surface area contributed by atoms with Crippen molar-refractivity contribution in [2.45, 2.75) is 6.92 Å². The van der Waals surface area contributed by atoms with Gasteiger partial charge in [-0.25, -0.2) is 9.59 Å². The molecule has 98 valence electrons. The van der Waals surface area contributed by atoms with Gasteiger partial charge in [0.1, 0.15) is 0 Å². The van der Waals surface area contributed by atoms with Crippen molar-refractivity contribution in [1.29, 1.82) is 0 Å². The number of rotatable bonds is 2. The van der Waals surface area contributed by atoms with E-state index in [0.717, 1.165) is 11.8 Å². The van der Waals surface area contributed by atoms with E-state index < -0.39 is 9.41 Å². The third-order valence-electron chi connectivity index (χ3n) is 3.12. The highest BCUT2D eigenvalue weighted by atomic mass is 32.2. The zero-order valence-electron chi connectivity index (χ0n) is 10.3. The number of quaternary nitrogens is 1. The molecule has 0 spiro atoms. The van der Waals surface area contributed by atoms with Gasteiger partial charge in [-0.15, -0.1) is 0 Å². The number of nitro groups is 1. The van der Waals surface area contributed by atoms with Crippen molar-refractivity contribution in [3.8, 4) is 0 Å². The minimum Gasteiger partial charge on any atom is -0.258 e. The molecule has 0 aromatic heterocycles. The summed E-state index contributed by atoms with van der Waals surface area (Å²) in [5.41, 5.74) is 1.14. The fourth-order valence-electron chi connectivity index (χ4n) is 1.79. The van der Waals surface area contributed by atoms with Crippen molar-refractivity contribution in [2.75, 3.05) is 7.05 Å². The van der Waals surface area contributed by atoms with Crippen LogP contribution in [0.4, 0.5) is 10.5 Å². The van der Waals surface area contributed by atoms with Crippen LogP contribution < -0.4 is 0 Å². The molecule has 0 aliphatic carbocycles. The first-order valence-corrected chi connectivity index (χ1v) is 6.29. The van der Waals surface area contributed by atoms with Crippen molar-refractivity contribution in [2.24, 2.45) is 0 Å². The molecule has 7 heteroatoms. The van der Waals surface area contributed by atoms with E-state index in [1.54, 1.807) is 17.5 Å². The van der Waals surface area contributed by atoms with Gasteiger partial charge in [-0.05, 0) is 12.1 Å². The van der Waals surface area contributed by atoms with Crippen LogP contribution in [0.15, 0.2) is 29.7 Å². The number of benzene rings is 1. The van der Waals surface area contributed by atoms with Crippen LogP contribution in [0.2, 0.25) is 0 Å². The standard InChI is InChI=1S/C12H11N2O4S/c1-8(15)14(2)11(7-19-12(14)16)9-3-5-10(6-4-9)13(17)18/h3-7H,1-2H3/q+1. The van der Waals surface area contributed by atoms with Gasteiger partial charge in [-0.3, -0.25) is 10.1 Å². The molecule has 19 heavy (non-hydrogen) atoms. The van der Waals surface area contributed by atoms with Crippen LogP contribution in [-0.4, -0.2) is 27.6 Å². The van der Waals surface area contributed by atoms with E-state index in [-0.39, 0.29) is 16.8 Å². The molecular formula is C12H11N2O4S+. The average Bonchev–Trinajstić information content (AvgIpc) is 2.67. The topological polar surface area (TPSA) is 77.3 Å². The van der Waals surface area contributed by atoms with Gasteiger partial charge in [-0.2, -0.15) is 4.48 Å². The zero-order chi connectivity index (χ0) is 14.2. The number of hydrogen-bond donors (Lipinski definition) is 0. The molecule has 0 saturated heterocycles. The van der Waals surface area contributed by atoms with E-state index in [2.05, 4.69) is 0 Å². The number of carbonyl (C=O) groups excluding carboxylic acids is 2. The van der Waals surface area contributed by atoms with Gasteiger partial charge in [0, 0.05) is 34.9 Å². The normalized spacial score (nSPS) is 22.2. The van der Waals surface area contributed by atoms with Crippen molar-refractivity contribution < 1.29 is 19.0 Å². The van der Waals surface area contributed by atoms with E-state index in [0.29, 0.717) is 11.3 Å². The Morgan fingerprint density at radius 2 is 1.89 bits per heavy atom. The summed E-state index contributed by atoms with van der Waals surface area (Å²) in [4.78, 5) is 33.7. The van der Waals surface area contributed by atoms with Crippen LogP contribution in [0.5, 0.6) is 0 Å². The highest BCUT2D eigenvalue weighted by molar-refractivity contribution is 8.16. The number of carbonyl (C=O) groups is 2. The molecule has 0 bridgehead atoms. The summed E-state index contributed by atoms with van der Waals surface area (Å²) in [5, 5.41) is 11.9. The van der Waals surface area contributed by atoms with Gasteiger partial charge in [0.2, 0.25) is 0 Å². The number of non-ortho nitro benzene ring substituents is 1. The van der Waals surface area contributed by atoms with E-state index >= 15 is 0 Å². The smallest absolute Gasteiger partial charge is 0.258 e. The van der Waals surface area contributed by atoms with Gasteiger partial charge in [-0.1, -0.05) is 0 Å². The Kier molecular flexibility index (Phi) is 3.25. The van der Waals surface area contributed by atoms with Crippen LogP contribution >= 0.6 is 11.8 Å². The van der Waals surface area contributed by atoms with Crippen LogP contribution in [0, 0.1) is 10.1 Å². The summed E-state index contributed by atoms with van der Waals surface area (Å²) in [6, 6.07) is 5.80. The van der Waals surface area contributed by atoms with E-state index in [1.807, 2.05) is 0 Å². The molecule has 0 fully saturated rings. The van der Waals surface area contributed by atoms with Crippen LogP contribution in [-0.2, 0) is 4.79 Å². The van der Waals surface area contributed by atoms with Gasteiger partial charge in [0.15, 0.2) is 5.70 Å². The minimum atomic E-state index is -0.494. The molecular weight excluding hydrogens is 268 g/mol. The third kappa shape index (κ3) is 2.06. The average molecular weight is 279 g/mol. The number of imide groups is 1. The van der Waals surface area contributed by atoms with Crippen molar-refractivity contribution in [3.63, 3.8) is 0 Å². The molecule has 2 amide bonds. The fourth-order valence-corrected chi connectivity index (χ4v) is 2.79. The SMILES string of the molecule is CC(=O)[N+]1(C)C(=O)SC=C1c1ccc([N+](=O)[O-])cc1. The first kappa shape index (κ1) is 13.4. The fraction of sp³-hybridized carbons (Fsp3) is 0.167. The molecule has 1 aromatic carbocycles. The number of nitrogens with zero attached hydrogens (tertiary/aromatic N) is 2. The summed E-state index contributed by atoms with van der Waals surface area (Å²) in [6.07, 6.45) is 0. The lowest BCUT2D eigenvalue weighted by molar-refractivity contribution is -0.662. The highest BCUT2D eigenvalue weighted by Crippen LogP contribution is 2.39. The van der Waals surface area contributed by atoms with Crippen LogP contribution in [0.25, 0.3) is 5.70 Å². The maximum atomic E-state index is 11.9. The van der Waals surface area contributed by atoms with E-state index in [1.165, 1.54) is 26.1 Å². The van der Waals surface area contributed by atoms with Crippen LogP contribution in [0.1, 0.15) is 12.5 Å². The number of amides is 2. The van der Waals surface area contributed by atoms with Gasteiger partial charge >= 0.3 is 11.1 Å². The molecule has 1 aliphatic heterocycles. The molecule has 1 aliphatic rings. The lowest BCUT2D eigenvalue weighted by Crippen LogP contribution is -2.46. The Bertz CT molecular complexity index is 609. The number of hydrogen-bond acceptors (Lipinski definition) is 5. The second-order valence-electron chi connectivity index (χ2n) is 4.22. The zero-order valence-corrected chi connectivity index (χ0v) is 11.1. The molecule has 6 nitrogen and oxygen atoms in total. The van der Waals surface area contributed by atoms with Crippen molar-refractivity contribution in [1.82, 2.24) is 0 Å². The molecule has 0 saturated carbocycles.